The van der Waals surface area contributed by atoms with Crippen LogP contribution >= 0.6 is 24.0 Å². The van der Waals surface area contributed by atoms with Gasteiger partial charge in [0.2, 0.25) is 5.88 Å². The molecule has 3 rings (SSSR count). The van der Waals surface area contributed by atoms with Gasteiger partial charge in [0.05, 0.1) is 0 Å². The van der Waals surface area contributed by atoms with Gasteiger partial charge in [0.25, 0.3) is 0 Å². The van der Waals surface area contributed by atoms with E-state index in [-0.39, 0.29) is 46.9 Å². The fourth-order valence-corrected chi connectivity index (χ4v) is 3.40. The second-order valence-corrected chi connectivity index (χ2v) is 7.67. The first-order valence-electron chi connectivity index (χ1n) is 10.2. The maximum absolute atomic E-state index is 14.8. The SMILES string of the molecule is CCc1ccc(COc2ccc(-c3nn(C)c(OC(F)F)c3Cl)c(F)c2)c(OC(C)C(=O)O)c1.Cl. The number of carboxylic acid groups (broad SMARTS) is 1. The molecule has 0 fully saturated rings. The average Bonchev–Trinajstić information content (AvgIpc) is 3.05. The number of halogens is 5. The zero-order valence-electron chi connectivity index (χ0n) is 18.9. The summed E-state index contributed by atoms with van der Waals surface area (Å²) in [7, 11) is 1.34. The molecule has 2 aromatic carbocycles. The molecule has 0 radical (unpaired) electrons. The van der Waals surface area contributed by atoms with E-state index in [1.165, 1.54) is 26.1 Å². The van der Waals surface area contributed by atoms with Crippen LogP contribution in [-0.4, -0.2) is 33.6 Å². The maximum Gasteiger partial charge on any atom is 0.388 e. The molecule has 0 aliphatic carbocycles. The van der Waals surface area contributed by atoms with E-state index >= 15 is 0 Å². The molecule has 1 aromatic heterocycles. The molecular weight excluding hydrogens is 512 g/mol. The third kappa shape index (κ3) is 6.73. The molecule has 1 heterocycles. The first-order valence-corrected chi connectivity index (χ1v) is 10.6. The molecule has 0 saturated carbocycles. The smallest absolute Gasteiger partial charge is 0.388 e. The Balaban J connectivity index is 0.00000432. The lowest BCUT2D eigenvalue weighted by atomic mass is 10.1. The monoisotopic (exact) mass is 534 g/mol. The number of alkyl halides is 2. The van der Waals surface area contributed by atoms with Crippen molar-refractivity contribution in [1.29, 1.82) is 0 Å². The first-order chi connectivity index (χ1) is 16.1. The van der Waals surface area contributed by atoms with Gasteiger partial charge in [-0.3, -0.25) is 0 Å². The number of carbonyl (C=O) groups is 1. The van der Waals surface area contributed by atoms with Crippen molar-refractivity contribution in [3.05, 3.63) is 58.4 Å². The minimum Gasteiger partial charge on any atom is -0.489 e. The van der Waals surface area contributed by atoms with Gasteiger partial charge >= 0.3 is 12.6 Å². The summed E-state index contributed by atoms with van der Waals surface area (Å²) in [5.41, 5.74) is 1.45. The lowest BCUT2D eigenvalue weighted by Crippen LogP contribution is -2.23. The van der Waals surface area contributed by atoms with Crippen molar-refractivity contribution in [3.63, 3.8) is 0 Å². The van der Waals surface area contributed by atoms with Gasteiger partial charge in [0, 0.05) is 24.2 Å². The predicted octanol–water partition coefficient (Wildman–Crippen LogP) is 5.90. The van der Waals surface area contributed by atoms with Crippen LogP contribution in [0.4, 0.5) is 13.2 Å². The lowest BCUT2D eigenvalue weighted by molar-refractivity contribution is -0.144. The van der Waals surface area contributed by atoms with Crippen molar-refractivity contribution >= 4 is 30.0 Å². The van der Waals surface area contributed by atoms with Crippen LogP contribution in [0.1, 0.15) is 25.0 Å². The number of carboxylic acids is 1. The second kappa shape index (κ2) is 12.0. The summed E-state index contributed by atoms with van der Waals surface area (Å²) < 4.78 is 56.5. The van der Waals surface area contributed by atoms with E-state index in [9.17, 15) is 18.0 Å². The quantitative estimate of drug-likeness (QED) is 0.349. The van der Waals surface area contributed by atoms with E-state index in [4.69, 9.17) is 26.2 Å². The normalized spacial score (nSPS) is 11.7. The molecule has 12 heteroatoms. The van der Waals surface area contributed by atoms with Crippen LogP contribution < -0.4 is 14.2 Å². The predicted molar refractivity (Wildman–Crippen MR) is 125 cm³/mol. The highest BCUT2D eigenvalue weighted by Gasteiger charge is 2.22. The largest absolute Gasteiger partial charge is 0.489 e. The third-order valence-electron chi connectivity index (χ3n) is 4.92. The number of aryl methyl sites for hydroxylation is 2. The molecule has 35 heavy (non-hydrogen) atoms. The Morgan fingerprint density at radius 3 is 2.51 bits per heavy atom. The van der Waals surface area contributed by atoms with Gasteiger partial charge < -0.3 is 19.3 Å². The fraction of sp³-hybridized carbons (Fsp3) is 0.304. The molecule has 1 N–H and O–H groups in total. The molecule has 0 amide bonds. The van der Waals surface area contributed by atoms with Gasteiger partial charge in [0.1, 0.15) is 34.6 Å². The zero-order chi connectivity index (χ0) is 25.0. The van der Waals surface area contributed by atoms with Crippen molar-refractivity contribution < 1.29 is 37.3 Å². The Hall–Kier alpha value is -3.11. The average molecular weight is 535 g/mol. The summed E-state index contributed by atoms with van der Waals surface area (Å²) in [6.45, 7) is 0.248. The number of rotatable bonds is 10. The summed E-state index contributed by atoms with van der Waals surface area (Å²) >= 11 is 6.07. The summed E-state index contributed by atoms with van der Waals surface area (Å²) in [5, 5.41) is 12.9. The van der Waals surface area contributed by atoms with Gasteiger partial charge in [-0.1, -0.05) is 30.7 Å². The van der Waals surface area contributed by atoms with E-state index in [0.717, 1.165) is 22.7 Å². The minimum atomic E-state index is -3.11. The molecule has 7 nitrogen and oxygen atoms in total. The fourth-order valence-electron chi connectivity index (χ4n) is 3.09. The van der Waals surface area contributed by atoms with E-state index in [1.807, 2.05) is 13.0 Å². The molecule has 0 spiro atoms. The number of ether oxygens (including phenoxy) is 3. The highest BCUT2D eigenvalue weighted by atomic mass is 35.5. The Labute approximate surface area is 210 Å². The molecule has 0 bridgehead atoms. The summed E-state index contributed by atoms with van der Waals surface area (Å²) in [5.74, 6) is -1.70. The lowest BCUT2D eigenvalue weighted by Gasteiger charge is -2.16. The Morgan fingerprint density at radius 1 is 1.20 bits per heavy atom. The maximum atomic E-state index is 14.8. The van der Waals surface area contributed by atoms with Crippen LogP contribution in [-0.2, 0) is 24.9 Å². The summed E-state index contributed by atoms with van der Waals surface area (Å²) in [6, 6.07) is 9.29. The minimum absolute atomic E-state index is 0. The Bertz CT molecular complexity index is 1190. The van der Waals surface area contributed by atoms with Crippen LogP contribution in [0.15, 0.2) is 36.4 Å². The number of aliphatic carboxylic acids is 1. The summed E-state index contributed by atoms with van der Waals surface area (Å²) in [4.78, 5) is 11.2. The molecule has 0 aliphatic heterocycles. The van der Waals surface area contributed by atoms with E-state index in [1.54, 1.807) is 12.1 Å². The Kier molecular flexibility index (Phi) is 9.67. The van der Waals surface area contributed by atoms with Gasteiger partial charge in [-0.25, -0.2) is 13.9 Å². The number of benzene rings is 2. The molecular formula is C23H23Cl2F3N2O5. The van der Waals surface area contributed by atoms with Gasteiger partial charge in [-0.15, -0.1) is 12.4 Å². The third-order valence-corrected chi connectivity index (χ3v) is 5.26. The van der Waals surface area contributed by atoms with Gasteiger partial charge in [0.15, 0.2) is 6.10 Å². The van der Waals surface area contributed by atoms with Gasteiger partial charge in [-0.05, 0) is 37.1 Å². The molecule has 1 unspecified atom stereocenters. The molecule has 1 atom stereocenters. The van der Waals surface area contributed by atoms with E-state index in [2.05, 4.69) is 9.84 Å². The molecule has 0 saturated heterocycles. The number of aromatic nitrogens is 2. The van der Waals surface area contributed by atoms with Gasteiger partial charge in [-0.2, -0.15) is 13.9 Å². The highest BCUT2D eigenvalue weighted by molar-refractivity contribution is 6.34. The van der Waals surface area contributed by atoms with Crippen LogP contribution in [0.2, 0.25) is 5.02 Å². The van der Waals surface area contributed by atoms with Crippen molar-refractivity contribution in [3.8, 4) is 28.6 Å². The summed E-state index contributed by atoms with van der Waals surface area (Å²) in [6.07, 6.45) is -0.337. The van der Waals surface area contributed by atoms with Crippen molar-refractivity contribution in [1.82, 2.24) is 9.78 Å². The number of hydrogen-bond acceptors (Lipinski definition) is 5. The second-order valence-electron chi connectivity index (χ2n) is 7.29. The number of nitrogens with zero attached hydrogens (tertiary/aromatic N) is 2. The van der Waals surface area contributed by atoms with Crippen LogP contribution in [0.3, 0.4) is 0 Å². The topological polar surface area (TPSA) is 82.8 Å². The first kappa shape index (κ1) is 28.1. The Morgan fingerprint density at radius 2 is 1.91 bits per heavy atom. The van der Waals surface area contributed by atoms with Crippen molar-refractivity contribution in [2.75, 3.05) is 0 Å². The van der Waals surface area contributed by atoms with E-state index < -0.39 is 24.5 Å². The van der Waals surface area contributed by atoms with Crippen LogP contribution in [0, 0.1) is 5.82 Å². The van der Waals surface area contributed by atoms with Crippen molar-refractivity contribution in [2.24, 2.45) is 7.05 Å². The zero-order valence-corrected chi connectivity index (χ0v) is 20.5. The van der Waals surface area contributed by atoms with Crippen molar-refractivity contribution in [2.45, 2.75) is 39.6 Å². The van der Waals surface area contributed by atoms with E-state index in [0.29, 0.717) is 11.3 Å². The number of hydrogen-bond donors (Lipinski definition) is 1. The standard InChI is InChI=1S/C23H22ClF3N2O5.ClH/c1-4-13-5-6-14(18(9-13)33-12(2)22(30)31)11-32-15-7-8-16(17(25)10-15)20-19(24)21(29(3)28-20)34-23(26)27;/h5-10,12,23H,4,11H2,1-3H3,(H,30,31);1H. The van der Waals surface area contributed by atoms with Crippen LogP contribution in [0.5, 0.6) is 17.4 Å². The molecule has 190 valence electrons. The highest BCUT2D eigenvalue weighted by Crippen LogP contribution is 2.37. The van der Waals surface area contributed by atoms with Crippen LogP contribution in [0.25, 0.3) is 11.3 Å². The molecule has 0 aliphatic rings. The molecule has 3 aromatic rings.